The molecule has 2 saturated heterocycles. The van der Waals surface area contributed by atoms with Gasteiger partial charge in [0.15, 0.2) is 0 Å². The highest BCUT2D eigenvalue weighted by atomic mass is 32.2. The van der Waals surface area contributed by atoms with Crippen molar-refractivity contribution >= 4 is 16.1 Å². The second-order valence-electron chi connectivity index (χ2n) is 5.51. The van der Waals surface area contributed by atoms with Crippen molar-refractivity contribution in [2.45, 2.75) is 12.8 Å². The molecule has 0 saturated carbocycles. The maximum Gasteiger partial charge on any atom is 0.282 e. The van der Waals surface area contributed by atoms with Gasteiger partial charge in [-0.15, -0.1) is 0 Å². The van der Waals surface area contributed by atoms with Crippen LogP contribution in [0.1, 0.15) is 12.8 Å². The summed E-state index contributed by atoms with van der Waals surface area (Å²) in [5, 5.41) is 3.02. The smallest absolute Gasteiger partial charge is 0.282 e. The quantitative estimate of drug-likeness (QED) is 0.611. The van der Waals surface area contributed by atoms with Crippen molar-refractivity contribution in [3.63, 3.8) is 0 Å². The van der Waals surface area contributed by atoms with Crippen molar-refractivity contribution < 1.29 is 17.9 Å². The highest BCUT2D eigenvalue weighted by Gasteiger charge is 2.33. The molecule has 128 valence electrons. The predicted molar refractivity (Wildman–Crippen MR) is 82.6 cm³/mol. The largest absolute Gasteiger partial charge is 0.379 e. The minimum Gasteiger partial charge on any atom is -0.379 e. The van der Waals surface area contributed by atoms with Crippen molar-refractivity contribution in [1.82, 2.24) is 18.8 Å². The second-order valence-corrected chi connectivity index (χ2v) is 7.43. The lowest BCUT2D eigenvalue weighted by Gasteiger charge is -2.37. The molecule has 0 aromatic rings. The number of nitrogens with one attached hydrogen (secondary N) is 1. The number of carbonyl (C=O) groups is 1. The van der Waals surface area contributed by atoms with Crippen LogP contribution in [-0.2, 0) is 19.7 Å². The van der Waals surface area contributed by atoms with E-state index in [0.717, 1.165) is 13.0 Å². The minimum atomic E-state index is -3.42. The van der Waals surface area contributed by atoms with Crippen molar-refractivity contribution in [3.05, 3.63) is 0 Å². The van der Waals surface area contributed by atoms with E-state index in [2.05, 4.69) is 5.32 Å². The Morgan fingerprint density at radius 2 is 1.64 bits per heavy atom. The maximum atomic E-state index is 12.5. The van der Waals surface area contributed by atoms with Crippen molar-refractivity contribution in [3.8, 4) is 0 Å². The van der Waals surface area contributed by atoms with Gasteiger partial charge in [0, 0.05) is 45.7 Å². The molecule has 22 heavy (non-hydrogen) atoms. The first kappa shape index (κ1) is 17.6. The first-order valence-electron chi connectivity index (χ1n) is 7.81. The zero-order valence-corrected chi connectivity index (χ0v) is 14.0. The average Bonchev–Trinajstić information content (AvgIpc) is 2.56. The van der Waals surface area contributed by atoms with Gasteiger partial charge < -0.3 is 15.0 Å². The molecule has 0 aromatic carbocycles. The van der Waals surface area contributed by atoms with Crippen LogP contribution in [0.2, 0.25) is 0 Å². The molecule has 1 N–H and O–H groups in total. The highest BCUT2D eigenvalue weighted by molar-refractivity contribution is 7.86. The van der Waals surface area contributed by atoms with Gasteiger partial charge in [-0.05, 0) is 20.0 Å². The topological polar surface area (TPSA) is 82.2 Å². The van der Waals surface area contributed by atoms with Gasteiger partial charge in [0.2, 0.25) is 5.91 Å². The summed E-state index contributed by atoms with van der Waals surface area (Å²) in [5.41, 5.74) is 0. The summed E-state index contributed by atoms with van der Waals surface area (Å²) in [5.74, 6) is 0.110. The molecular weight excluding hydrogens is 308 g/mol. The number of hydrogen-bond acceptors (Lipinski definition) is 5. The molecule has 0 atom stereocenters. The number of nitrogens with zero attached hydrogens (tertiary/aromatic N) is 3. The van der Waals surface area contributed by atoms with Crippen LogP contribution in [0, 0.1) is 0 Å². The molecule has 0 aromatic heterocycles. The number of amides is 1. The minimum absolute atomic E-state index is 0.110. The van der Waals surface area contributed by atoms with Crippen LogP contribution in [-0.4, -0.2) is 93.9 Å². The van der Waals surface area contributed by atoms with Gasteiger partial charge >= 0.3 is 0 Å². The third kappa shape index (κ3) is 4.39. The summed E-state index contributed by atoms with van der Waals surface area (Å²) in [6, 6.07) is 0. The molecule has 0 bridgehead atoms. The van der Waals surface area contributed by atoms with E-state index < -0.39 is 10.2 Å². The summed E-state index contributed by atoms with van der Waals surface area (Å²) in [7, 11) is -1.56. The van der Waals surface area contributed by atoms with Crippen LogP contribution in [0.15, 0.2) is 0 Å². The second kappa shape index (κ2) is 8.21. The van der Waals surface area contributed by atoms with E-state index in [0.29, 0.717) is 58.9 Å². The maximum absolute atomic E-state index is 12.5. The Morgan fingerprint density at radius 3 is 2.23 bits per heavy atom. The van der Waals surface area contributed by atoms with Crippen molar-refractivity contribution in [1.29, 1.82) is 0 Å². The summed E-state index contributed by atoms with van der Waals surface area (Å²) >= 11 is 0. The van der Waals surface area contributed by atoms with Crippen LogP contribution in [0.25, 0.3) is 0 Å². The number of piperazine rings is 1. The van der Waals surface area contributed by atoms with Crippen LogP contribution >= 0.6 is 0 Å². The Hall–Kier alpha value is -0.740. The Morgan fingerprint density at radius 1 is 1.05 bits per heavy atom. The Bertz CT molecular complexity index is 457. The van der Waals surface area contributed by atoms with Crippen LogP contribution in [0.5, 0.6) is 0 Å². The molecule has 0 unspecified atom stereocenters. The first-order chi connectivity index (χ1) is 10.6. The molecule has 8 nitrogen and oxygen atoms in total. The fourth-order valence-electron chi connectivity index (χ4n) is 2.68. The average molecular weight is 334 g/mol. The Balaban J connectivity index is 1.82. The van der Waals surface area contributed by atoms with Gasteiger partial charge in [-0.1, -0.05) is 0 Å². The lowest BCUT2D eigenvalue weighted by atomic mass is 10.2. The molecule has 2 rings (SSSR count). The molecule has 1 amide bonds. The monoisotopic (exact) mass is 334 g/mol. The first-order valence-corrected chi connectivity index (χ1v) is 9.20. The zero-order valence-electron chi connectivity index (χ0n) is 13.2. The Kier molecular flexibility index (Phi) is 6.57. The molecule has 0 radical (unpaired) electrons. The summed E-state index contributed by atoms with van der Waals surface area (Å²) < 4.78 is 33.2. The van der Waals surface area contributed by atoms with Gasteiger partial charge in [-0.2, -0.15) is 17.0 Å². The zero-order chi connectivity index (χ0) is 16.0. The fraction of sp³-hybridized carbons (Fsp3) is 0.923. The van der Waals surface area contributed by atoms with Gasteiger partial charge in [0.05, 0.1) is 13.2 Å². The summed E-state index contributed by atoms with van der Waals surface area (Å²) in [4.78, 5) is 13.8. The summed E-state index contributed by atoms with van der Waals surface area (Å²) in [6.45, 7) is 4.22. The lowest BCUT2D eigenvalue weighted by Crippen LogP contribution is -2.55. The SMILES string of the molecule is CNCCCC(=O)N1CCN(S(=O)(=O)N2CCOCC2)CC1. The van der Waals surface area contributed by atoms with Gasteiger partial charge in [0.1, 0.15) is 0 Å². The van der Waals surface area contributed by atoms with Gasteiger partial charge in [-0.3, -0.25) is 4.79 Å². The van der Waals surface area contributed by atoms with Crippen LogP contribution in [0.3, 0.4) is 0 Å². The number of morpholine rings is 1. The third-order valence-corrected chi connectivity index (χ3v) is 6.07. The standard InChI is InChI=1S/C13H26N4O4S/c1-14-4-2-3-13(18)15-5-7-16(8-6-15)22(19,20)17-9-11-21-12-10-17/h14H,2-12H2,1H3. The number of ether oxygens (including phenoxy) is 1. The van der Waals surface area contributed by atoms with Crippen LogP contribution < -0.4 is 5.32 Å². The van der Waals surface area contributed by atoms with E-state index in [1.54, 1.807) is 4.90 Å². The predicted octanol–water partition coefficient (Wildman–Crippen LogP) is -1.29. The van der Waals surface area contributed by atoms with Gasteiger partial charge in [-0.25, -0.2) is 0 Å². The molecule has 2 aliphatic heterocycles. The molecular formula is C13H26N4O4S. The Labute approximate surface area is 132 Å². The molecule has 0 aliphatic carbocycles. The van der Waals surface area contributed by atoms with Crippen LogP contribution in [0.4, 0.5) is 0 Å². The van der Waals surface area contributed by atoms with E-state index in [-0.39, 0.29) is 5.91 Å². The molecule has 2 heterocycles. The normalized spacial score (nSPS) is 22.0. The molecule has 9 heteroatoms. The third-order valence-electron chi connectivity index (χ3n) is 4.03. The number of hydrogen-bond donors (Lipinski definition) is 1. The number of rotatable bonds is 6. The van der Waals surface area contributed by atoms with E-state index >= 15 is 0 Å². The van der Waals surface area contributed by atoms with E-state index in [9.17, 15) is 13.2 Å². The van der Waals surface area contributed by atoms with Crippen molar-refractivity contribution in [2.75, 3.05) is 66.1 Å². The molecule has 0 spiro atoms. The van der Waals surface area contributed by atoms with E-state index in [1.165, 1.54) is 8.61 Å². The van der Waals surface area contributed by atoms with Crippen molar-refractivity contribution in [2.24, 2.45) is 0 Å². The fourth-order valence-corrected chi connectivity index (χ4v) is 4.25. The number of carbonyl (C=O) groups excluding carboxylic acids is 1. The molecule has 2 aliphatic rings. The highest BCUT2D eigenvalue weighted by Crippen LogP contribution is 2.14. The van der Waals surface area contributed by atoms with Gasteiger partial charge in [0.25, 0.3) is 10.2 Å². The summed E-state index contributed by atoms with van der Waals surface area (Å²) in [6.07, 6.45) is 1.32. The van der Waals surface area contributed by atoms with E-state index in [4.69, 9.17) is 4.74 Å². The molecule has 2 fully saturated rings. The van der Waals surface area contributed by atoms with E-state index in [1.807, 2.05) is 7.05 Å². The lowest BCUT2D eigenvalue weighted by molar-refractivity contribution is -0.132.